The van der Waals surface area contributed by atoms with Crippen LogP contribution in [0.15, 0.2) is 12.4 Å². The van der Waals surface area contributed by atoms with Crippen molar-refractivity contribution in [2.75, 3.05) is 31.5 Å². The maximum Gasteiger partial charge on any atom is 0.325 e. The molecule has 1 aromatic heterocycles. The van der Waals surface area contributed by atoms with Crippen molar-refractivity contribution in [3.8, 4) is 0 Å². The molecule has 0 aromatic carbocycles. The Kier molecular flexibility index (Phi) is 5.56. The summed E-state index contributed by atoms with van der Waals surface area (Å²) in [5.74, 6) is -0.976. The molecule has 2 rings (SSSR count). The van der Waals surface area contributed by atoms with Gasteiger partial charge in [-0.05, 0) is 38.9 Å². The Morgan fingerprint density at radius 3 is 2.81 bits per heavy atom. The number of nitrogens with one attached hydrogen (secondary N) is 2. The number of carbonyl (C=O) groups is 2. The first-order chi connectivity index (χ1) is 10.1. The summed E-state index contributed by atoms with van der Waals surface area (Å²) >= 11 is 0. The molecule has 1 saturated heterocycles. The molecule has 3 N–H and O–H groups in total. The fraction of sp³-hybridized carbons (Fsp3) is 0.615. The smallest absolute Gasteiger partial charge is 0.325 e. The molecule has 0 spiro atoms. The zero-order chi connectivity index (χ0) is 15.1. The van der Waals surface area contributed by atoms with Crippen molar-refractivity contribution in [3.05, 3.63) is 12.4 Å². The van der Waals surface area contributed by atoms with Crippen LogP contribution in [0.3, 0.4) is 0 Å². The number of carboxylic acids is 1. The van der Waals surface area contributed by atoms with Crippen LogP contribution in [0.5, 0.6) is 0 Å². The van der Waals surface area contributed by atoms with Crippen LogP contribution in [0.4, 0.5) is 10.5 Å². The third-order valence-electron chi connectivity index (χ3n) is 3.32. The van der Waals surface area contributed by atoms with Gasteiger partial charge in [0.1, 0.15) is 6.54 Å². The van der Waals surface area contributed by atoms with Crippen LogP contribution in [-0.4, -0.2) is 58.0 Å². The van der Waals surface area contributed by atoms with E-state index in [1.807, 2.05) is 0 Å². The van der Waals surface area contributed by atoms with Crippen molar-refractivity contribution in [1.29, 1.82) is 0 Å². The van der Waals surface area contributed by atoms with Crippen LogP contribution in [0.1, 0.15) is 19.3 Å². The number of aliphatic carboxylic acids is 1. The number of hydrogen-bond donors (Lipinski definition) is 3. The number of urea groups is 1. The fourth-order valence-corrected chi connectivity index (χ4v) is 2.34. The first-order valence-electron chi connectivity index (χ1n) is 7.15. The topological polar surface area (TPSA) is 99.5 Å². The van der Waals surface area contributed by atoms with Gasteiger partial charge in [0.05, 0.1) is 11.9 Å². The van der Waals surface area contributed by atoms with E-state index in [4.69, 9.17) is 5.11 Å². The number of amides is 2. The Morgan fingerprint density at radius 1 is 1.33 bits per heavy atom. The fourth-order valence-electron chi connectivity index (χ4n) is 2.34. The number of rotatable bonds is 7. The molecule has 0 atom stereocenters. The highest BCUT2D eigenvalue weighted by Gasteiger charge is 2.10. The molecule has 1 fully saturated rings. The zero-order valence-electron chi connectivity index (χ0n) is 11.9. The molecule has 0 radical (unpaired) electrons. The van der Waals surface area contributed by atoms with Gasteiger partial charge in [-0.3, -0.25) is 9.48 Å². The number of hydrogen-bond acceptors (Lipinski definition) is 4. The van der Waals surface area contributed by atoms with E-state index >= 15 is 0 Å². The van der Waals surface area contributed by atoms with E-state index in [-0.39, 0.29) is 12.6 Å². The van der Waals surface area contributed by atoms with Gasteiger partial charge >= 0.3 is 12.0 Å². The predicted molar refractivity (Wildman–Crippen MR) is 77.2 cm³/mol. The number of carboxylic acid groups (broad SMARTS) is 1. The normalized spacial score (nSPS) is 15.0. The molecule has 0 unspecified atom stereocenters. The molecule has 8 nitrogen and oxygen atoms in total. The lowest BCUT2D eigenvalue weighted by Crippen LogP contribution is -2.31. The lowest BCUT2D eigenvalue weighted by Gasteiger charge is -2.14. The van der Waals surface area contributed by atoms with Crippen LogP contribution in [0.2, 0.25) is 0 Å². The second kappa shape index (κ2) is 7.63. The molecule has 0 saturated carbocycles. The average molecular weight is 295 g/mol. The van der Waals surface area contributed by atoms with Crippen molar-refractivity contribution >= 4 is 17.7 Å². The van der Waals surface area contributed by atoms with Gasteiger partial charge in [-0.2, -0.15) is 5.10 Å². The summed E-state index contributed by atoms with van der Waals surface area (Å²) in [5, 5.41) is 17.9. The van der Waals surface area contributed by atoms with Gasteiger partial charge in [0.25, 0.3) is 0 Å². The van der Waals surface area contributed by atoms with Crippen molar-refractivity contribution in [3.63, 3.8) is 0 Å². The molecular weight excluding hydrogens is 274 g/mol. The lowest BCUT2D eigenvalue weighted by molar-refractivity contribution is -0.137. The average Bonchev–Trinajstić information content (AvgIpc) is 3.06. The van der Waals surface area contributed by atoms with Crippen molar-refractivity contribution in [2.45, 2.75) is 25.8 Å². The Morgan fingerprint density at radius 2 is 2.10 bits per heavy atom. The minimum atomic E-state index is -0.976. The Balaban J connectivity index is 1.62. The van der Waals surface area contributed by atoms with E-state index in [2.05, 4.69) is 20.6 Å². The minimum absolute atomic E-state index is 0.223. The van der Waals surface area contributed by atoms with E-state index in [1.54, 1.807) is 0 Å². The van der Waals surface area contributed by atoms with Crippen LogP contribution in [-0.2, 0) is 11.3 Å². The van der Waals surface area contributed by atoms with Crippen molar-refractivity contribution < 1.29 is 14.7 Å². The Bertz CT molecular complexity index is 482. The summed E-state index contributed by atoms with van der Waals surface area (Å²) in [5.41, 5.74) is 0.480. The number of carbonyl (C=O) groups excluding carboxylic acids is 1. The Hall–Kier alpha value is -2.09. The highest BCUT2D eigenvalue weighted by Crippen LogP contribution is 2.07. The van der Waals surface area contributed by atoms with E-state index < -0.39 is 5.97 Å². The summed E-state index contributed by atoms with van der Waals surface area (Å²) in [4.78, 5) is 24.6. The van der Waals surface area contributed by atoms with Gasteiger partial charge in [0.2, 0.25) is 0 Å². The van der Waals surface area contributed by atoms with Crippen molar-refractivity contribution in [2.24, 2.45) is 0 Å². The summed E-state index contributed by atoms with van der Waals surface area (Å²) < 4.78 is 1.26. The van der Waals surface area contributed by atoms with Gasteiger partial charge in [0.15, 0.2) is 0 Å². The molecule has 2 amide bonds. The molecule has 116 valence electrons. The van der Waals surface area contributed by atoms with Gasteiger partial charge < -0.3 is 20.6 Å². The first kappa shape index (κ1) is 15.3. The third kappa shape index (κ3) is 5.42. The molecule has 1 aliphatic rings. The maximum absolute atomic E-state index is 11.7. The van der Waals surface area contributed by atoms with Gasteiger partial charge in [-0.15, -0.1) is 0 Å². The van der Waals surface area contributed by atoms with Crippen LogP contribution < -0.4 is 10.6 Å². The SMILES string of the molecule is O=C(O)Cn1cc(NC(=O)NCCCN2CCCC2)cn1. The van der Waals surface area contributed by atoms with Crippen LogP contribution in [0, 0.1) is 0 Å². The predicted octanol–water partition coefficient (Wildman–Crippen LogP) is 0.575. The molecule has 0 aliphatic carbocycles. The lowest BCUT2D eigenvalue weighted by atomic mass is 10.4. The molecule has 1 aliphatic heterocycles. The standard InChI is InChI=1S/C13H21N5O3/c19-12(20)10-18-9-11(8-15-18)16-13(21)14-4-3-7-17-5-1-2-6-17/h8-9H,1-7,10H2,(H,19,20)(H2,14,16,21). The second-order valence-corrected chi connectivity index (χ2v) is 5.10. The quantitative estimate of drug-likeness (QED) is 0.639. The van der Waals surface area contributed by atoms with Crippen LogP contribution >= 0.6 is 0 Å². The van der Waals surface area contributed by atoms with E-state index in [9.17, 15) is 9.59 Å². The molecule has 0 bridgehead atoms. The highest BCUT2D eigenvalue weighted by molar-refractivity contribution is 5.88. The number of aromatic nitrogens is 2. The summed E-state index contributed by atoms with van der Waals surface area (Å²) in [7, 11) is 0. The summed E-state index contributed by atoms with van der Waals surface area (Å²) in [6, 6.07) is -0.300. The highest BCUT2D eigenvalue weighted by atomic mass is 16.4. The van der Waals surface area contributed by atoms with Gasteiger partial charge in [-0.1, -0.05) is 0 Å². The molecule has 8 heteroatoms. The minimum Gasteiger partial charge on any atom is -0.480 e. The third-order valence-corrected chi connectivity index (χ3v) is 3.32. The maximum atomic E-state index is 11.7. The largest absolute Gasteiger partial charge is 0.480 e. The summed E-state index contributed by atoms with van der Waals surface area (Å²) in [6.45, 7) is 3.73. The molecule has 21 heavy (non-hydrogen) atoms. The zero-order valence-corrected chi connectivity index (χ0v) is 11.9. The van der Waals surface area contributed by atoms with E-state index in [0.717, 1.165) is 26.1 Å². The number of anilines is 1. The monoisotopic (exact) mass is 295 g/mol. The summed E-state index contributed by atoms with van der Waals surface area (Å²) in [6.07, 6.45) is 6.37. The van der Waals surface area contributed by atoms with Crippen molar-refractivity contribution in [1.82, 2.24) is 20.0 Å². The molecular formula is C13H21N5O3. The molecule has 1 aromatic rings. The van der Waals surface area contributed by atoms with Gasteiger partial charge in [0, 0.05) is 12.7 Å². The Labute approximate surface area is 123 Å². The van der Waals surface area contributed by atoms with Gasteiger partial charge in [-0.25, -0.2) is 4.79 Å². The van der Waals surface area contributed by atoms with E-state index in [0.29, 0.717) is 12.2 Å². The first-order valence-corrected chi connectivity index (χ1v) is 7.15. The van der Waals surface area contributed by atoms with Crippen LogP contribution in [0.25, 0.3) is 0 Å². The van der Waals surface area contributed by atoms with E-state index in [1.165, 1.54) is 29.9 Å². The number of likely N-dealkylation sites (tertiary alicyclic amines) is 1. The number of nitrogens with zero attached hydrogens (tertiary/aromatic N) is 3. The second-order valence-electron chi connectivity index (χ2n) is 5.10. The molecule has 2 heterocycles.